The Bertz CT molecular complexity index is 694. The first-order valence-electron chi connectivity index (χ1n) is 6.55. The third-order valence-electron chi connectivity index (χ3n) is 2.93. The van der Waals surface area contributed by atoms with Crippen molar-refractivity contribution in [3.05, 3.63) is 40.4 Å². The summed E-state index contributed by atoms with van der Waals surface area (Å²) < 4.78 is 0. The van der Waals surface area contributed by atoms with Crippen molar-refractivity contribution < 1.29 is 9.90 Å². The average molecular weight is 288 g/mol. The summed E-state index contributed by atoms with van der Waals surface area (Å²) in [7, 11) is 0. The van der Waals surface area contributed by atoms with Gasteiger partial charge in [0.25, 0.3) is 5.56 Å². The molecule has 3 N–H and O–H groups in total. The predicted octanol–water partition coefficient (Wildman–Crippen LogP) is 1.28. The van der Waals surface area contributed by atoms with E-state index in [1.54, 1.807) is 12.1 Å². The molecule has 2 heterocycles. The van der Waals surface area contributed by atoms with Crippen molar-refractivity contribution in [1.29, 1.82) is 0 Å². The van der Waals surface area contributed by atoms with E-state index in [0.717, 1.165) is 0 Å². The van der Waals surface area contributed by atoms with Crippen LogP contribution in [0.5, 0.6) is 0 Å². The summed E-state index contributed by atoms with van der Waals surface area (Å²) in [6, 6.07) is 4.10. The molecule has 0 amide bonds. The van der Waals surface area contributed by atoms with Gasteiger partial charge in [0.15, 0.2) is 0 Å². The van der Waals surface area contributed by atoms with Crippen molar-refractivity contribution >= 4 is 11.8 Å². The molecule has 0 aliphatic heterocycles. The second-order valence-corrected chi connectivity index (χ2v) is 4.58. The maximum atomic E-state index is 11.5. The van der Waals surface area contributed by atoms with Crippen LogP contribution in [-0.4, -0.2) is 32.1 Å². The predicted molar refractivity (Wildman–Crippen MR) is 78.2 cm³/mol. The van der Waals surface area contributed by atoms with Gasteiger partial charge in [-0.3, -0.25) is 9.59 Å². The number of aromatic nitrogens is 3. The maximum absolute atomic E-state index is 11.5. The van der Waals surface area contributed by atoms with Crippen LogP contribution in [0.25, 0.3) is 11.4 Å². The van der Waals surface area contributed by atoms with Crippen molar-refractivity contribution in [1.82, 2.24) is 15.0 Å². The van der Waals surface area contributed by atoms with E-state index < -0.39 is 12.0 Å². The van der Waals surface area contributed by atoms with Crippen LogP contribution < -0.4 is 10.9 Å². The summed E-state index contributed by atoms with van der Waals surface area (Å²) in [5.74, 6) is -0.0603. The summed E-state index contributed by atoms with van der Waals surface area (Å²) in [6.07, 6.45) is 2.20. The number of carboxylic acid groups (broad SMARTS) is 1. The van der Waals surface area contributed by atoms with Crippen LogP contribution in [0.3, 0.4) is 0 Å². The van der Waals surface area contributed by atoms with E-state index in [9.17, 15) is 9.59 Å². The Morgan fingerprint density at radius 3 is 2.81 bits per heavy atom. The number of H-pyrrole nitrogens is 1. The van der Waals surface area contributed by atoms with Gasteiger partial charge >= 0.3 is 5.97 Å². The van der Waals surface area contributed by atoms with E-state index in [0.29, 0.717) is 29.3 Å². The molecular formula is C14H16N4O3. The lowest BCUT2D eigenvalue weighted by Gasteiger charge is -2.10. The second-order valence-electron chi connectivity index (χ2n) is 4.58. The van der Waals surface area contributed by atoms with Gasteiger partial charge in [-0.2, -0.15) is 0 Å². The van der Waals surface area contributed by atoms with Crippen LogP contribution in [0.15, 0.2) is 29.2 Å². The summed E-state index contributed by atoms with van der Waals surface area (Å²) >= 11 is 0. The molecule has 0 aliphatic rings. The van der Waals surface area contributed by atoms with Crippen LogP contribution in [0, 0.1) is 0 Å². The zero-order chi connectivity index (χ0) is 15.4. The Morgan fingerprint density at radius 1 is 1.48 bits per heavy atom. The third kappa shape index (κ3) is 3.65. The fourth-order valence-electron chi connectivity index (χ4n) is 1.73. The van der Waals surface area contributed by atoms with Crippen LogP contribution in [-0.2, 0) is 11.2 Å². The fraction of sp³-hybridized carbons (Fsp3) is 0.286. The topological polar surface area (TPSA) is 108 Å². The number of hydrogen-bond acceptors (Lipinski definition) is 5. The molecule has 2 rings (SSSR count). The van der Waals surface area contributed by atoms with Gasteiger partial charge in [-0.05, 0) is 25.5 Å². The molecule has 0 saturated carbocycles. The molecule has 0 spiro atoms. The van der Waals surface area contributed by atoms with Crippen molar-refractivity contribution in [3.63, 3.8) is 0 Å². The number of nitrogens with zero attached hydrogens (tertiary/aromatic N) is 2. The van der Waals surface area contributed by atoms with Crippen molar-refractivity contribution in [2.75, 3.05) is 5.32 Å². The molecule has 21 heavy (non-hydrogen) atoms. The normalized spacial score (nSPS) is 11.9. The zero-order valence-corrected chi connectivity index (χ0v) is 11.8. The molecule has 1 unspecified atom stereocenters. The fourth-order valence-corrected chi connectivity index (χ4v) is 1.73. The first-order valence-corrected chi connectivity index (χ1v) is 6.55. The van der Waals surface area contributed by atoms with Crippen LogP contribution in [0.2, 0.25) is 0 Å². The molecule has 1 atom stereocenters. The van der Waals surface area contributed by atoms with E-state index in [-0.39, 0.29) is 5.56 Å². The van der Waals surface area contributed by atoms with E-state index in [1.165, 1.54) is 19.2 Å². The number of hydrogen-bond donors (Lipinski definition) is 3. The monoisotopic (exact) mass is 288 g/mol. The maximum Gasteiger partial charge on any atom is 0.325 e. The summed E-state index contributed by atoms with van der Waals surface area (Å²) in [6.45, 7) is 3.45. The lowest BCUT2D eigenvalue weighted by molar-refractivity contribution is -0.137. The first kappa shape index (κ1) is 14.7. The Morgan fingerprint density at radius 2 is 2.24 bits per heavy atom. The lowest BCUT2D eigenvalue weighted by Crippen LogP contribution is -2.25. The second kappa shape index (κ2) is 6.17. The number of carboxylic acids is 1. The Kier molecular flexibility index (Phi) is 4.32. The van der Waals surface area contributed by atoms with Gasteiger partial charge in [0.1, 0.15) is 17.7 Å². The van der Waals surface area contributed by atoms with E-state index in [2.05, 4.69) is 20.3 Å². The molecule has 2 aromatic rings. The first-order chi connectivity index (χ1) is 9.99. The van der Waals surface area contributed by atoms with E-state index in [4.69, 9.17) is 5.11 Å². The SMILES string of the molecule is CCc1cc(=O)[nH]c(-c2ccc(NC(C)C(=O)O)nc2)n1. The van der Waals surface area contributed by atoms with Gasteiger partial charge in [-0.15, -0.1) is 0 Å². The number of carbonyl (C=O) groups is 1. The average Bonchev–Trinajstić information content (AvgIpc) is 2.47. The highest BCUT2D eigenvalue weighted by molar-refractivity contribution is 5.76. The molecule has 2 aromatic heterocycles. The molecule has 0 radical (unpaired) electrons. The highest BCUT2D eigenvalue weighted by atomic mass is 16.4. The minimum Gasteiger partial charge on any atom is -0.480 e. The Balaban J connectivity index is 2.25. The molecule has 0 fully saturated rings. The van der Waals surface area contributed by atoms with Gasteiger partial charge in [0.05, 0.1) is 0 Å². The molecule has 0 bridgehead atoms. The molecule has 7 nitrogen and oxygen atoms in total. The van der Waals surface area contributed by atoms with Crippen molar-refractivity contribution in [2.45, 2.75) is 26.3 Å². The number of nitrogens with one attached hydrogen (secondary N) is 2. The van der Waals surface area contributed by atoms with Gasteiger partial charge in [0, 0.05) is 23.5 Å². The zero-order valence-electron chi connectivity index (χ0n) is 11.8. The largest absolute Gasteiger partial charge is 0.480 e. The highest BCUT2D eigenvalue weighted by Crippen LogP contribution is 2.15. The van der Waals surface area contributed by atoms with E-state index in [1.807, 2.05) is 6.92 Å². The number of pyridine rings is 1. The smallest absolute Gasteiger partial charge is 0.325 e. The standard InChI is InChI=1S/C14H16N4O3/c1-3-10-6-12(19)18-13(17-10)9-4-5-11(15-7-9)16-8(2)14(20)21/h4-8H,3H2,1-2H3,(H,15,16)(H,20,21)(H,17,18,19). The van der Waals surface area contributed by atoms with Crippen molar-refractivity contribution in [3.8, 4) is 11.4 Å². The minimum atomic E-state index is -0.956. The lowest BCUT2D eigenvalue weighted by atomic mass is 10.2. The summed E-state index contributed by atoms with van der Waals surface area (Å²) in [4.78, 5) is 33.4. The molecule has 0 saturated heterocycles. The minimum absolute atomic E-state index is 0.210. The molecule has 0 aliphatic carbocycles. The highest BCUT2D eigenvalue weighted by Gasteiger charge is 2.11. The molecule has 110 valence electrons. The van der Waals surface area contributed by atoms with Crippen LogP contribution in [0.1, 0.15) is 19.5 Å². The number of rotatable bonds is 5. The van der Waals surface area contributed by atoms with Gasteiger partial charge in [-0.25, -0.2) is 9.97 Å². The number of aromatic amines is 1. The van der Waals surface area contributed by atoms with Crippen molar-refractivity contribution in [2.24, 2.45) is 0 Å². The Labute approximate surface area is 121 Å². The summed E-state index contributed by atoms with van der Waals surface area (Å²) in [5.41, 5.74) is 1.16. The molecule has 0 aromatic carbocycles. The van der Waals surface area contributed by atoms with E-state index >= 15 is 0 Å². The number of anilines is 1. The number of aryl methyl sites for hydroxylation is 1. The molecular weight excluding hydrogens is 272 g/mol. The van der Waals surface area contributed by atoms with Gasteiger partial charge in [-0.1, -0.05) is 6.92 Å². The summed E-state index contributed by atoms with van der Waals surface area (Å²) in [5, 5.41) is 11.6. The van der Waals surface area contributed by atoms with Crippen LogP contribution >= 0.6 is 0 Å². The number of aliphatic carboxylic acids is 1. The van der Waals surface area contributed by atoms with Crippen LogP contribution in [0.4, 0.5) is 5.82 Å². The third-order valence-corrected chi connectivity index (χ3v) is 2.93. The molecule has 7 heteroatoms. The quantitative estimate of drug-likeness (QED) is 0.765. The van der Waals surface area contributed by atoms with Gasteiger partial charge in [0.2, 0.25) is 0 Å². The Hall–Kier alpha value is -2.70. The van der Waals surface area contributed by atoms with Gasteiger partial charge < -0.3 is 15.4 Å².